The van der Waals surface area contributed by atoms with E-state index in [0.29, 0.717) is 6.42 Å². The third kappa shape index (κ3) is 3.50. The summed E-state index contributed by atoms with van der Waals surface area (Å²) in [5.74, 6) is 1.65. The molecule has 0 bridgehead atoms. The Labute approximate surface area is 114 Å². The molecule has 0 saturated carbocycles. The Balaban J connectivity index is 2.35. The number of hydrogen-bond acceptors (Lipinski definition) is 4. The van der Waals surface area contributed by atoms with E-state index < -0.39 is 0 Å². The average Bonchev–Trinajstić information content (AvgIpc) is 2.38. The highest BCUT2D eigenvalue weighted by Gasteiger charge is 2.17. The van der Waals surface area contributed by atoms with Gasteiger partial charge in [-0.15, -0.1) is 0 Å². The lowest BCUT2D eigenvalue weighted by Gasteiger charge is -2.19. The van der Waals surface area contributed by atoms with Crippen LogP contribution in [0.3, 0.4) is 0 Å². The monoisotopic (exact) mass is 256 g/mol. The molecule has 0 fully saturated rings. The van der Waals surface area contributed by atoms with Gasteiger partial charge in [0.05, 0.1) is 12.1 Å². The zero-order valence-corrected chi connectivity index (χ0v) is 11.9. The minimum absolute atomic E-state index is 0.00735. The van der Waals surface area contributed by atoms with Gasteiger partial charge in [0.1, 0.15) is 11.6 Å². The van der Waals surface area contributed by atoms with E-state index >= 15 is 0 Å². The van der Waals surface area contributed by atoms with Gasteiger partial charge >= 0.3 is 0 Å². The van der Waals surface area contributed by atoms with Gasteiger partial charge in [0, 0.05) is 30.4 Å². The molecule has 0 amide bonds. The van der Waals surface area contributed by atoms with Crippen LogP contribution in [0, 0.1) is 0 Å². The maximum atomic E-state index is 4.66. The van der Waals surface area contributed by atoms with Gasteiger partial charge in [-0.1, -0.05) is 26.8 Å². The zero-order chi connectivity index (χ0) is 13.9. The van der Waals surface area contributed by atoms with Crippen molar-refractivity contribution in [3.63, 3.8) is 0 Å². The van der Waals surface area contributed by atoms with E-state index in [2.05, 4.69) is 41.0 Å². The first-order valence-electron chi connectivity index (χ1n) is 6.45. The summed E-state index contributed by atoms with van der Waals surface area (Å²) in [4.78, 5) is 13.5. The van der Waals surface area contributed by atoms with Crippen molar-refractivity contribution in [2.45, 2.75) is 32.6 Å². The van der Waals surface area contributed by atoms with Gasteiger partial charge in [-0.3, -0.25) is 4.98 Å². The molecule has 0 saturated heterocycles. The molecule has 2 heterocycles. The van der Waals surface area contributed by atoms with Crippen molar-refractivity contribution < 1.29 is 0 Å². The summed E-state index contributed by atoms with van der Waals surface area (Å²) in [5, 5.41) is 3.09. The van der Waals surface area contributed by atoms with E-state index in [9.17, 15) is 0 Å². The summed E-state index contributed by atoms with van der Waals surface area (Å²) in [6.07, 6.45) is 2.45. The molecular formula is C15H20N4. The van der Waals surface area contributed by atoms with Gasteiger partial charge in [0.25, 0.3) is 0 Å². The first-order chi connectivity index (χ1) is 8.99. The van der Waals surface area contributed by atoms with Gasteiger partial charge in [-0.25, -0.2) is 9.97 Å². The molecule has 0 atom stereocenters. The van der Waals surface area contributed by atoms with Crippen LogP contribution in [-0.2, 0) is 11.8 Å². The molecule has 2 rings (SSSR count). The van der Waals surface area contributed by atoms with Crippen LogP contribution in [0.4, 0.5) is 5.82 Å². The molecule has 100 valence electrons. The molecule has 19 heavy (non-hydrogen) atoms. The maximum absolute atomic E-state index is 4.66. The van der Waals surface area contributed by atoms with Crippen molar-refractivity contribution in [1.29, 1.82) is 0 Å². The van der Waals surface area contributed by atoms with Gasteiger partial charge in [0.2, 0.25) is 0 Å². The third-order valence-corrected chi connectivity index (χ3v) is 2.86. The fraction of sp³-hybridized carbons (Fsp3) is 0.400. The van der Waals surface area contributed by atoms with E-state index in [1.807, 2.05) is 31.3 Å². The lowest BCUT2D eigenvalue weighted by atomic mass is 9.92. The van der Waals surface area contributed by atoms with Gasteiger partial charge in [-0.05, 0) is 12.1 Å². The number of hydrogen-bond donors (Lipinski definition) is 1. The molecule has 0 aliphatic heterocycles. The number of nitrogens with one attached hydrogen (secondary N) is 1. The smallest absolute Gasteiger partial charge is 0.136 e. The Morgan fingerprint density at radius 3 is 2.53 bits per heavy atom. The highest BCUT2D eigenvalue weighted by molar-refractivity contribution is 5.37. The molecule has 2 aromatic rings. The van der Waals surface area contributed by atoms with Gasteiger partial charge < -0.3 is 5.32 Å². The standard InChI is InChI=1S/C15H20N4/c1-15(2,3)12-10-13(16-4)19-14(18-12)9-11-7-5-6-8-17-11/h5-8,10H,9H2,1-4H3,(H,16,18,19). The Morgan fingerprint density at radius 1 is 1.16 bits per heavy atom. The van der Waals surface area contributed by atoms with Crippen LogP contribution >= 0.6 is 0 Å². The summed E-state index contributed by atoms with van der Waals surface area (Å²) >= 11 is 0. The molecule has 4 nitrogen and oxygen atoms in total. The van der Waals surface area contributed by atoms with Crippen molar-refractivity contribution in [1.82, 2.24) is 15.0 Å². The molecule has 0 aliphatic rings. The molecule has 0 spiro atoms. The van der Waals surface area contributed by atoms with Gasteiger partial charge in [0.15, 0.2) is 0 Å². The minimum atomic E-state index is 0.00735. The first kappa shape index (κ1) is 13.5. The molecule has 4 heteroatoms. The second-order valence-electron chi connectivity index (χ2n) is 5.55. The van der Waals surface area contributed by atoms with Crippen LogP contribution in [-0.4, -0.2) is 22.0 Å². The van der Waals surface area contributed by atoms with Crippen LogP contribution in [0.25, 0.3) is 0 Å². The second kappa shape index (κ2) is 5.34. The first-order valence-corrected chi connectivity index (χ1v) is 6.45. The van der Waals surface area contributed by atoms with Crippen molar-refractivity contribution in [2.75, 3.05) is 12.4 Å². The Bertz CT molecular complexity index is 544. The summed E-state index contributed by atoms with van der Waals surface area (Å²) in [5.41, 5.74) is 2.03. The molecule has 0 unspecified atom stereocenters. The predicted molar refractivity (Wildman–Crippen MR) is 77.3 cm³/mol. The van der Waals surface area contributed by atoms with E-state index in [-0.39, 0.29) is 5.41 Å². The van der Waals surface area contributed by atoms with Crippen LogP contribution < -0.4 is 5.32 Å². The van der Waals surface area contributed by atoms with E-state index in [4.69, 9.17) is 0 Å². The predicted octanol–water partition coefficient (Wildman–Crippen LogP) is 2.80. The number of pyridine rings is 1. The number of anilines is 1. The minimum Gasteiger partial charge on any atom is -0.373 e. The third-order valence-electron chi connectivity index (χ3n) is 2.86. The highest BCUT2D eigenvalue weighted by Crippen LogP contribution is 2.22. The number of aromatic nitrogens is 3. The molecule has 0 aromatic carbocycles. The normalized spacial score (nSPS) is 11.4. The molecular weight excluding hydrogens is 236 g/mol. The molecule has 0 radical (unpaired) electrons. The van der Waals surface area contributed by atoms with Crippen molar-refractivity contribution in [2.24, 2.45) is 0 Å². The SMILES string of the molecule is CNc1cc(C(C)(C)C)nc(Cc2ccccn2)n1. The Morgan fingerprint density at radius 2 is 1.95 bits per heavy atom. The lowest BCUT2D eigenvalue weighted by Crippen LogP contribution is -2.16. The van der Waals surface area contributed by atoms with Crippen molar-refractivity contribution >= 4 is 5.82 Å². The van der Waals surface area contributed by atoms with Crippen LogP contribution in [0.2, 0.25) is 0 Å². The molecule has 2 aromatic heterocycles. The second-order valence-corrected chi connectivity index (χ2v) is 5.55. The highest BCUT2D eigenvalue weighted by atomic mass is 15.0. The topological polar surface area (TPSA) is 50.7 Å². The van der Waals surface area contributed by atoms with E-state index in [1.54, 1.807) is 6.20 Å². The summed E-state index contributed by atoms with van der Waals surface area (Å²) < 4.78 is 0. The summed E-state index contributed by atoms with van der Waals surface area (Å²) in [7, 11) is 1.87. The summed E-state index contributed by atoms with van der Waals surface area (Å²) in [6.45, 7) is 6.46. The van der Waals surface area contributed by atoms with Crippen LogP contribution in [0.15, 0.2) is 30.5 Å². The molecule has 1 N–H and O–H groups in total. The van der Waals surface area contributed by atoms with Crippen molar-refractivity contribution in [3.05, 3.63) is 47.7 Å². The summed E-state index contributed by atoms with van der Waals surface area (Å²) in [6, 6.07) is 7.89. The van der Waals surface area contributed by atoms with Crippen LogP contribution in [0.1, 0.15) is 38.0 Å². The van der Waals surface area contributed by atoms with E-state index in [1.165, 1.54) is 0 Å². The lowest BCUT2D eigenvalue weighted by molar-refractivity contribution is 0.563. The van der Waals surface area contributed by atoms with Crippen molar-refractivity contribution in [3.8, 4) is 0 Å². The zero-order valence-electron chi connectivity index (χ0n) is 11.9. The Hall–Kier alpha value is -1.97. The number of nitrogens with zero attached hydrogens (tertiary/aromatic N) is 3. The molecule has 0 aliphatic carbocycles. The average molecular weight is 256 g/mol. The largest absolute Gasteiger partial charge is 0.373 e. The van der Waals surface area contributed by atoms with Gasteiger partial charge in [-0.2, -0.15) is 0 Å². The maximum Gasteiger partial charge on any atom is 0.136 e. The fourth-order valence-corrected chi connectivity index (χ4v) is 1.75. The fourth-order valence-electron chi connectivity index (χ4n) is 1.75. The number of rotatable bonds is 3. The quantitative estimate of drug-likeness (QED) is 0.917. The van der Waals surface area contributed by atoms with Crippen LogP contribution in [0.5, 0.6) is 0 Å². The Kier molecular flexibility index (Phi) is 3.79. The van der Waals surface area contributed by atoms with E-state index in [0.717, 1.165) is 23.0 Å².